The number of pyridine rings is 1. The van der Waals surface area contributed by atoms with Crippen LogP contribution in [-0.2, 0) is 6.54 Å². The fraction of sp³-hybridized carbons (Fsp3) is 0.200. The van der Waals surface area contributed by atoms with Crippen molar-refractivity contribution in [2.24, 2.45) is 5.92 Å². The molecular formula is C30H26N6O2. The van der Waals surface area contributed by atoms with Crippen LogP contribution in [0.15, 0.2) is 77.9 Å². The number of aromatic nitrogens is 4. The van der Waals surface area contributed by atoms with Gasteiger partial charge in [-0.15, -0.1) is 5.10 Å². The van der Waals surface area contributed by atoms with Crippen LogP contribution in [0.1, 0.15) is 53.0 Å². The molecule has 5 aromatic rings. The van der Waals surface area contributed by atoms with Crippen molar-refractivity contribution in [1.29, 1.82) is 0 Å². The number of nitrogen functional groups attached to an aromatic ring is 1. The van der Waals surface area contributed by atoms with Crippen LogP contribution in [-0.4, -0.2) is 25.1 Å². The van der Waals surface area contributed by atoms with Gasteiger partial charge < -0.3 is 15.6 Å². The van der Waals surface area contributed by atoms with Gasteiger partial charge in [0.2, 0.25) is 0 Å². The monoisotopic (exact) mass is 502 g/mol. The Morgan fingerprint density at radius 3 is 2.76 bits per heavy atom. The van der Waals surface area contributed by atoms with Crippen LogP contribution in [0.25, 0.3) is 16.4 Å². The average Bonchev–Trinajstić information content (AvgIpc) is 3.69. The SMILES string of the molecule is C[C@@H](NC(=O)c1c(N)nn2cccnc12)c1cc2cccc(C#CC3CC3)c2c(=O)n1Cc1ccccc1. The number of benzene rings is 2. The zero-order valence-electron chi connectivity index (χ0n) is 20.9. The van der Waals surface area contributed by atoms with Gasteiger partial charge in [-0.25, -0.2) is 9.50 Å². The zero-order valence-corrected chi connectivity index (χ0v) is 20.9. The Bertz CT molecular complexity index is 1810. The van der Waals surface area contributed by atoms with Gasteiger partial charge >= 0.3 is 0 Å². The molecule has 3 aromatic heterocycles. The van der Waals surface area contributed by atoms with Crippen molar-refractivity contribution in [3.8, 4) is 11.8 Å². The molecule has 6 rings (SSSR count). The highest BCUT2D eigenvalue weighted by molar-refractivity contribution is 6.04. The first-order chi connectivity index (χ1) is 18.5. The van der Waals surface area contributed by atoms with Crippen molar-refractivity contribution in [2.75, 3.05) is 5.73 Å². The summed E-state index contributed by atoms with van der Waals surface area (Å²) in [5.41, 5.74) is 8.89. The molecule has 3 N–H and O–H groups in total. The normalized spacial score (nSPS) is 13.7. The number of fused-ring (bicyclic) bond motifs is 2. The van der Waals surface area contributed by atoms with E-state index in [1.54, 1.807) is 23.0 Å². The molecule has 0 bridgehead atoms. The Morgan fingerprint density at radius 1 is 1.16 bits per heavy atom. The van der Waals surface area contributed by atoms with Crippen molar-refractivity contribution < 1.29 is 4.79 Å². The standard InChI is InChI=1S/C30H26N6O2/c1-19(33-29(37)26-27(31)34-36-16-6-15-32-28(26)36)24-17-23-10-5-9-22(14-13-20-11-12-20)25(23)30(38)35(24)18-21-7-3-2-4-8-21/h2-10,15-17,19-20H,11-12,18H2,1H3,(H2,31,34)(H,33,37)/t19-/m1/s1. The highest BCUT2D eigenvalue weighted by atomic mass is 16.2. The van der Waals surface area contributed by atoms with Crippen molar-refractivity contribution in [2.45, 2.75) is 32.4 Å². The highest BCUT2D eigenvalue weighted by Gasteiger charge is 2.24. The van der Waals surface area contributed by atoms with Crippen LogP contribution < -0.4 is 16.6 Å². The summed E-state index contributed by atoms with van der Waals surface area (Å²) in [6.45, 7) is 2.21. The lowest BCUT2D eigenvalue weighted by Gasteiger charge is -2.21. The fourth-order valence-electron chi connectivity index (χ4n) is 4.68. The maximum Gasteiger partial charge on any atom is 0.260 e. The third-order valence-electron chi connectivity index (χ3n) is 6.78. The maximum atomic E-state index is 14.0. The number of nitrogens with one attached hydrogen (secondary N) is 1. The topological polar surface area (TPSA) is 107 Å². The number of anilines is 1. The zero-order chi connectivity index (χ0) is 26.2. The van der Waals surface area contributed by atoms with Gasteiger partial charge in [0, 0.05) is 29.6 Å². The summed E-state index contributed by atoms with van der Waals surface area (Å²) in [5, 5.41) is 8.58. The summed E-state index contributed by atoms with van der Waals surface area (Å²) in [4.78, 5) is 31.7. The molecule has 3 heterocycles. The molecule has 1 amide bonds. The molecule has 0 saturated heterocycles. The van der Waals surface area contributed by atoms with Crippen LogP contribution in [0.3, 0.4) is 0 Å². The van der Waals surface area contributed by atoms with Crippen LogP contribution in [0.5, 0.6) is 0 Å². The fourth-order valence-corrected chi connectivity index (χ4v) is 4.68. The van der Waals surface area contributed by atoms with E-state index in [1.807, 2.05) is 61.5 Å². The molecular weight excluding hydrogens is 476 g/mol. The van der Waals surface area contributed by atoms with Gasteiger partial charge in [0.1, 0.15) is 5.56 Å². The summed E-state index contributed by atoms with van der Waals surface area (Å²) in [5.74, 6) is 6.62. The number of carbonyl (C=O) groups excluding carboxylic acids is 1. The van der Waals surface area contributed by atoms with E-state index in [0.717, 1.165) is 29.4 Å². The number of nitrogens with zero attached hydrogens (tertiary/aromatic N) is 4. The predicted octanol–water partition coefficient (Wildman–Crippen LogP) is 3.93. The third-order valence-corrected chi connectivity index (χ3v) is 6.78. The number of rotatable bonds is 5. The first kappa shape index (κ1) is 23.5. The summed E-state index contributed by atoms with van der Waals surface area (Å²) >= 11 is 0. The van der Waals surface area contributed by atoms with Gasteiger partial charge in [-0.1, -0.05) is 54.3 Å². The molecule has 1 fully saturated rings. The maximum absolute atomic E-state index is 14.0. The van der Waals surface area contributed by atoms with E-state index in [4.69, 9.17) is 5.73 Å². The second-order valence-corrected chi connectivity index (χ2v) is 9.60. The van der Waals surface area contributed by atoms with E-state index in [2.05, 4.69) is 27.2 Å². The second kappa shape index (κ2) is 9.52. The van der Waals surface area contributed by atoms with E-state index in [9.17, 15) is 9.59 Å². The molecule has 0 spiro atoms. The molecule has 8 heteroatoms. The van der Waals surface area contributed by atoms with E-state index in [1.165, 1.54) is 4.52 Å². The van der Waals surface area contributed by atoms with E-state index in [0.29, 0.717) is 29.2 Å². The minimum Gasteiger partial charge on any atom is -0.381 e. The second-order valence-electron chi connectivity index (χ2n) is 9.60. The van der Waals surface area contributed by atoms with Gasteiger partial charge in [-0.2, -0.15) is 0 Å². The molecule has 2 aromatic carbocycles. The summed E-state index contributed by atoms with van der Waals surface area (Å²) in [6, 6.07) is 18.7. The van der Waals surface area contributed by atoms with Crippen LogP contribution in [0, 0.1) is 17.8 Å². The van der Waals surface area contributed by atoms with Crippen molar-refractivity contribution in [3.63, 3.8) is 0 Å². The molecule has 0 unspecified atom stereocenters. The lowest BCUT2D eigenvalue weighted by Crippen LogP contribution is -2.33. The third kappa shape index (κ3) is 4.39. The first-order valence-electron chi connectivity index (χ1n) is 12.6. The number of carbonyl (C=O) groups is 1. The van der Waals surface area contributed by atoms with Crippen molar-refractivity contribution in [3.05, 3.63) is 106 Å². The van der Waals surface area contributed by atoms with Gasteiger partial charge in [-0.05, 0) is 48.9 Å². The summed E-state index contributed by atoms with van der Waals surface area (Å²) < 4.78 is 3.20. The van der Waals surface area contributed by atoms with E-state index < -0.39 is 11.9 Å². The quantitative estimate of drug-likeness (QED) is 0.354. The summed E-state index contributed by atoms with van der Waals surface area (Å²) in [6.07, 6.45) is 5.50. The van der Waals surface area contributed by atoms with Gasteiger partial charge in [0.05, 0.1) is 18.0 Å². The Morgan fingerprint density at radius 2 is 1.97 bits per heavy atom. The summed E-state index contributed by atoms with van der Waals surface area (Å²) in [7, 11) is 0. The predicted molar refractivity (Wildman–Crippen MR) is 147 cm³/mol. The molecule has 0 radical (unpaired) electrons. The van der Waals surface area contributed by atoms with E-state index in [-0.39, 0.29) is 16.9 Å². The lowest BCUT2D eigenvalue weighted by molar-refractivity contribution is 0.0940. The molecule has 8 nitrogen and oxygen atoms in total. The number of amides is 1. The Hall–Kier alpha value is -4.90. The molecule has 1 saturated carbocycles. The minimum absolute atomic E-state index is 0.0902. The Labute approximate surface area is 219 Å². The van der Waals surface area contributed by atoms with Crippen LogP contribution >= 0.6 is 0 Å². The van der Waals surface area contributed by atoms with E-state index >= 15 is 0 Å². The smallest absolute Gasteiger partial charge is 0.260 e. The van der Waals surface area contributed by atoms with Crippen molar-refractivity contribution >= 4 is 28.1 Å². The molecule has 38 heavy (non-hydrogen) atoms. The van der Waals surface area contributed by atoms with Gasteiger partial charge in [-0.3, -0.25) is 9.59 Å². The van der Waals surface area contributed by atoms with Crippen LogP contribution in [0.2, 0.25) is 0 Å². The van der Waals surface area contributed by atoms with Crippen molar-refractivity contribution in [1.82, 2.24) is 24.5 Å². The molecule has 1 atom stereocenters. The average molecular weight is 503 g/mol. The largest absolute Gasteiger partial charge is 0.381 e. The molecule has 188 valence electrons. The molecule has 0 aliphatic heterocycles. The Balaban J connectivity index is 1.44. The minimum atomic E-state index is -0.512. The van der Waals surface area contributed by atoms with Gasteiger partial charge in [0.25, 0.3) is 11.5 Å². The van der Waals surface area contributed by atoms with Crippen LogP contribution in [0.4, 0.5) is 5.82 Å². The highest BCUT2D eigenvalue weighted by Crippen LogP contribution is 2.28. The Kier molecular flexibility index (Phi) is 5.89. The number of hydrogen-bond acceptors (Lipinski definition) is 5. The first-order valence-corrected chi connectivity index (χ1v) is 12.6. The molecule has 1 aliphatic carbocycles. The molecule has 1 aliphatic rings. The number of nitrogens with two attached hydrogens (primary N) is 1. The lowest BCUT2D eigenvalue weighted by atomic mass is 10.0. The number of hydrogen-bond donors (Lipinski definition) is 2. The van der Waals surface area contributed by atoms with Gasteiger partial charge in [0.15, 0.2) is 11.5 Å².